The molecule has 0 bridgehead atoms. The van der Waals surface area contributed by atoms with Gasteiger partial charge in [-0.05, 0) is 69.4 Å². The number of rotatable bonds is 9. The second-order valence-electron chi connectivity index (χ2n) is 8.89. The maximum atomic E-state index is 13.8. The molecule has 0 N–H and O–H groups in total. The Balaban J connectivity index is 1.60. The molecular weight excluding hydrogens is 488 g/mol. The van der Waals surface area contributed by atoms with Crippen molar-refractivity contribution in [3.05, 3.63) is 41.3 Å². The molecule has 1 aromatic carbocycles. The van der Waals surface area contributed by atoms with Crippen LogP contribution in [-0.4, -0.2) is 68.8 Å². The summed E-state index contributed by atoms with van der Waals surface area (Å²) in [7, 11) is 0.468. The lowest BCUT2D eigenvalue weighted by Crippen LogP contribution is -2.47. The number of carbonyl (C=O) groups is 1. The third-order valence-corrected chi connectivity index (χ3v) is 10.5. The minimum atomic E-state index is -3.57. The quantitative estimate of drug-likeness (QED) is 0.420. The number of hydrogen-bond donors (Lipinski definition) is 0. The number of benzene rings is 1. The van der Waals surface area contributed by atoms with Crippen LogP contribution in [0.3, 0.4) is 0 Å². The van der Waals surface area contributed by atoms with Crippen molar-refractivity contribution in [3.63, 3.8) is 0 Å². The first-order chi connectivity index (χ1) is 16.3. The summed E-state index contributed by atoms with van der Waals surface area (Å²) in [5, 5.41) is 2.47. The number of nitrogens with zero attached hydrogens (tertiary/aromatic N) is 4. The molecule has 1 aliphatic heterocycles. The van der Waals surface area contributed by atoms with Crippen LogP contribution in [0, 0.1) is 5.92 Å². The van der Waals surface area contributed by atoms with Crippen molar-refractivity contribution in [1.29, 1.82) is 0 Å². The number of hydrogen-bond acceptors (Lipinski definition) is 7. The fourth-order valence-electron chi connectivity index (χ4n) is 4.36. The van der Waals surface area contributed by atoms with Gasteiger partial charge < -0.3 is 4.90 Å². The minimum Gasteiger partial charge on any atom is -0.309 e. The summed E-state index contributed by atoms with van der Waals surface area (Å²) in [5.74, 6) is -0.401. The molecule has 7 nitrogen and oxygen atoms in total. The highest BCUT2D eigenvalue weighted by molar-refractivity contribution is 7.91. The SMILES string of the molecule is CCc1cccc2sc(N(CCCN(C)C)C(=O)C3CCCN(S(=O)(=O)c4cccs4)C3)nc12. The van der Waals surface area contributed by atoms with Gasteiger partial charge in [-0.25, -0.2) is 13.4 Å². The molecule has 0 spiro atoms. The van der Waals surface area contributed by atoms with E-state index < -0.39 is 10.0 Å². The molecule has 1 unspecified atom stereocenters. The zero-order chi connectivity index (χ0) is 24.3. The summed E-state index contributed by atoms with van der Waals surface area (Å²) in [6.45, 7) is 4.20. The van der Waals surface area contributed by atoms with Gasteiger partial charge in [0.25, 0.3) is 10.0 Å². The van der Waals surface area contributed by atoms with Crippen molar-refractivity contribution in [2.75, 3.05) is 45.2 Å². The smallest absolute Gasteiger partial charge is 0.252 e. The van der Waals surface area contributed by atoms with Crippen LogP contribution in [0.15, 0.2) is 39.9 Å². The van der Waals surface area contributed by atoms with Gasteiger partial charge in [0, 0.05) is 19.6 Å². The van der Waals surface area contributed by atoms with Gasteiger partial charge in [-0.3, -0.25) is 9.69 Å². The summed E-state index contributed by atoms with van der Waals surface area (Å²) < 4.78 is 29.1. The van der Waals surface area contributed by atoms with Gasteiger partial charge in [0.2, 0.25) is 5.91 Å². The topological polar surface area (TPSA) is 73.8 Å². The first kappa shape index (κ1) is 25.2. The van der Waals surface area contributed by atoms with Crippen molar-refractivity contribution in [2.24, 2.45) is 5.92 Å². The van der Waals surface area contributed by atoms with Gasteiger partial charge in [0.1, 0.15) is 4.21 Å². The normalized spacial score (nSPS) is 17.5. The monoisotopic (exact) mass is 520 g/mol. The number of aryl methyl sites for hydroxylation is 1. The van der Waals surface area contributed by atoms with Crippen molar-refractivity contribution >= 4 is 54.0 Å². The first-order valence-corrected chi connectivity index (χ1v) is 14.8. The largest absolute Gasteiger partial charge is 0.309 e. The van der Waals surface area contributed by atoms with Crippen LogP contribution in [0.1, 0.15) is 31.7 Å². The number of sulfonamides is 1. The highest BCUT2D eigenvalue weighted by atomic mass is 32.2. The van der Waals surface area contributed by atoms with Gasteiger partial charge in [0.05, 0.1) is 16.1 Å². The standard InChI is InChI=1S/C24H32N4O3S3/c1-4-18-9-5-11-20-22(18)25-24(33-20)28(15-8-13-26(2)3)23(29)19-10-6-14-27(17-19)34(30,31)21-12-7-16-32-21/h5,7,9,11-12,16,19H,4,6,8,10,13-15,17H2,1-3H3. The predicted octanol–water partition coefficient (Wildman–Crippen LogP) is 4.31. The zero-order valence-electron chi connectivity index (χ0n) is 19.9. The number of aromatic nitrogens is 1. The summed E-state index contributed by atoms with van der Waals surface area (Å²) in [6.07, 6.45) is 3.06. The lowest BCUT2D eigenvalue weighted by Gasteiger charge is -2.33. The second kappa shape index (κ2) is 10.8. The molecule has 1 fully saturated rings. The molecule has 34 heavy (non-hydrogen) atoms. The van der Waals surface area contributed by atoms with E-state index in [0.717, 1.165) is 29.6 Å². The summed E-state index contributed by atoms with van der Waals surface area (Å²) >= 11 is 2.76. The summed E-state index contributed by atoms with van der Waals surface area (Å²) in [6, 6.07) is 9.54. The van der Waals surface area contributed by atoms with E-state index >= 15 is 0 Å². The highest BCUT2D eigenvalue weighted by Crippen LogP contribution is 2.34. The van der Waals surface area contributed by atoms with Crippen molar-refractivity contribution in [1.82, 2.24) is 14.2 Å². The van der Waals surface area contributed by atoms with Gasteiger partial charge in [-0.15, -0.1) is 11.3 Å². The Morgan fingerprint density at radius 1 is 1.21 bits per heavy atom. The number of anilines is 1. The van der Waals surface area contributed by atoms with E-state index in [0.29, 0.717) is 35.3 Å². The molecule has 0 saturated carbocycles. The first-order valence-electron chi connectivity index (χ1n) is 11.7. The van der Waals surface area contributed by atoms with Crippen LogP contribution in [0.5, 0.6) is 0 Å². The third-order valence-electron chi connectivity index (χ3n) is 6.18. The van der Waals surface area contributed by atoms with Crippen LogP contribution >= 0.6 is 22.7 Å². The van der Waals surface area contributed by atoms with Crippen LogP contribution in [0.25, 0.3) is 10.2 Å². The van der Waals surface area contributed by atoms with E-state index in [1.165, 1.54) is 21.2 Å². The molecule has 1 amide bonds. The van der Waals surface area contributed by atoms with Gasteiger partial charge in [0.15, 0.2) is 5.13 Å². The van der Waals surface area contributed by atoms with Gasteiger partial charge in [-0.1, -0.05) is 36.5 Å². The number of amides is 1. The van der Waals surface area contributed by atoms with E-state index in [2.05, 4.69) is 17.9 Å². The maximum Gasteiger partial charge on any atom is 0.252 e. The average Bonchev–Trinajstić information content (AvgIpc) is 3.52. The van der Waals surface area contributed by atoms with Crippen molar-refractivity contribution < 1.29 is 13.2 Å². The fourth-order valence-corrected chi connectivity index (χ4v) is 8.07. The third kappa shape index (κ3) is 5.36. The Labute approximate surface area is 210 Å². The Morgan fingerprint density at radius 2 is 2.03 bits per heavy atom. The Bertz CT molecular complexity index is 1220. The molecule has 4 rings (SSSR count). The maximum absolute atomic E-state index is 13.8. The Kier molecular flexibility index (Phi) is 8.04. The van der Waals surface area contributed by atoms with Crippen LogP contribution in [-0.2, 0) is 21.2 Å². The molecule has 0 radical (unpaired) electrons. The van der Waals surface area contributed by atoms with Crippen LogP contribution in [0.2, 0.25) is 0 Å². The molecule has 3 heterocycles. The van der Waals surface area contributed by atoms with Crippen LogP contribution < -0.4 is 4.90 Å². The number of thiophene rings is 1. The molecule has 1 saturated heterocycles. The van der Waals surface area contributed by atoms with E-state index in [-0.39, 0.29) is 18.4 Å². The average molecular weight is 521 g/mol. The van der Waals surface area contributed by atoms with Crippen molar-refractivity contribution in [3.8, 4) is 0 Å². The zero-order valence-corrected chi connectivity index (χ0v) is 22.4. The predicted molar refractivity (Wildman–Crippen MR) is 140 cm³/mol. The molecule has 1 aliphatic rings. The van der Waals surface area contributed by atoms with E-state index in [1.54, 1.807) is 33.7 Å². The molecule has 10 heteroatoms. The summed E-state index contributed by atoms with van der Waals surface area (Å²) in [5.41, 5.74) is 2.13. The summed E-state index contributed by atoms with van der Waals surface area (Å²) in [4.78, 5) is 22.6. The van der Waals surface area contributed by atoms with E-state index in [4.69, 9.17) is 4.98 Å². The molecule has 184 valence electrons. The lowest BCUT2D eigenvalue weighted by atomic mass is 9.98. The number of fused-ring (bicyclic) bond motifs is 1. The van der Waals surface area contributed by atoms with Gasteiger partial charge in [-0.2, -0.15) is 4.31 Å². The van der Waals surface area contributed by atoms with Crippen molar-refractivity contribution in [2.45, 2.75) is 36.8 Å². The van der Waals surface area contributed by atoms with E-state index in [9.17, 15) is 13.2 Å². The minimum absolute atomic E-state index is 0.0260. The molecular formula is C24H32N4O3S3. The second-order valence-corrected chi connectivity index (χ2v) is 13.0. The molecule has 0 aliphatic carbocycles. The molecule has 2 aromatic heterocycles. The van der Waals surface area contributed by atoms with Gasteiger partial charge >= 0.3 is 0 Å². The molecule has 3 aromatic rings. The number of piperidine rings is 1. The van der Waals surface area contributed by atoms with E-state index in [1.807, 2.05) is 26.2 Å². The van der Waals surface area contributed by atoms with Crippen LogP contribution in [0.4, 0.5) is 5.13 Å². The Hall–Kier alpha value is -1.85. The number of carbonyl (C=O) groups excluding carboxylic acids is 1. The lowest BCUT2D eigenvalue weighted by molar-refractivity contribution is -0.123. The Morgan fingerprint density at radius 3 is 2.74 bits per heavy atom. The number of para-hydroxylation sites is 1. The number of thiazole rings is 1. The highest BCUT2D eigenvalue weighted by Gasteiger charge is 2.36. The molecule has 1 atom stereocenters. The fraction of sp³-hybridized carbons (Fsp3) is 0.500.